The van der Waals surface area contributed by atoms with Crippen LogP contribution in [0.15, 0.2) is 73.6 Å². The van der Waals surface area contributed by atoms with Gasteiger partial charge in [-0.2, -0.15) is 5.10 Å². The number of aromatic nitrogens is 4. The van der Waals surface area contributed by atoms with E-state index < -0.39 is 0 Å². The monoisotopic (exact) mass is 478 g/mol. The Balaban J connectivity index is 1.40. The van der Waals surface area contributed by atoms with Gasteiger partial charge < -0.3 is 15.4 Å². The number of hydrogen-bond acceptors (Lipinski definition) is 6. The van der Waals surface area contributed by atoms with Crippen LogP contribution in [-0.4, -0.2) is 50.3 Å². The Morgan fingerprint density at radius 2 is 1.97 bits per heavy atom. The summed E-state index contributed by atoms with van der Waals surface area (Å²) in [5, 5.41) is 5.62. The molecule has 1 amide bonds. The molecular weight excluding hydrogens is 452 g/mol. The van der Waals surface area contributed by atoms with E-state index in [1.54, 1.807) is 4.90 Å². The van der Waals surface area contributed by atoms with Crippen molar-refractivity contribution < 1.29 is 9.53 Å². The van der Waals surface area contributed by atoms with Crippen molar-refractivity contribution >= 4 is 22.8 Å². The number of nitrogen functional groups attached to an aromatic ring is 1. The number of rotatable bonds is 5. The quantitative estimate of drug-likeness (QED) is 0.346. The maximum atomic E-state index is 12.2. The molecule has 1 unspecified atom stereocenters. The van der Waals surface area contributed by atoms with Gasteiger partial charge >= 0.3 is 0 Å². The second-order valence-electron chi connectivity index (χ2n) is 8.52. The zero-order chi connectivity index (χ0) is 24.9. The summed E-state index contributed by atoms with van der Waals surface area (Å²) < 4.78 is 7.52. The lowest BCUT2D eigenvalue weighted by Gasteiger charge is -2.32. The number of likely N-dealkylation sites (tertiary alicyclic amines) is 1. The smallest absolute Gasteiger partial charge is 0.246 e. The van der Waals surface area contributed by atoms with E-state index in [9.17, 15) is 4.79 Å². The number of para-hydroxylation sites is 1. The number of benzene rings is 2. The minimum absolute atomic E-state index is 0.0112. The number of nitrogens with two attached hydrogens (primary N) is 1. The molecule has 180 valence electrons. The Morgan fingerprint density at radius 1 is 1.17 bits per heavy atom. The molecule has 36 heavy (non-hydrogen) atoms. The molecule has 0 spiro atoms. The molecule has 2 N–H and O–H groups in total. The normalized spacial score (nSPS) is 15.2. The van der Waals surface area contributed by atoms with Gasteiger partial charge in [0, 0.05) is 24.2 Å². The number of ether oxygens (including phenoxy) is 1. The van der Waals surface area contributed by atoms with Crippen molar-refractivity contribution in [2.75, 3.05) is 25.4 Å². The highest BCUT2D eigenvalue weighted by Crippen LogP contribution is 2.33. The van der Waals surface area contributed by atoms with Crippen LogP contribution >= 0.6 is 0 Å². The van der Waals surface area contributed by atoms with Crippen LogP contribution in [0.3, 0.4) is 0 Å². The van der Waals surface area contributed by atoms with Gasteiger partial charge in [0.15, 0.2) is 5.65 Å². The van der Waals surface area contributed by atoms with E-state index >= 15 is 0 Å². The summed E-state index contributed by atoms with van der Waals surface area (Å²) in [6.07, 6.45) is 4.57. The fourth-order valence-electron chi connectivity index (χ4n) is 4.42. The highest BCUT2D eigenvalue weighted by atomic mass is 16.5. The molecule has 0 saturated carbocycles. The summed E-state index contributed by atoms with van der Waals surface area (Å²) in [6.45, 7) is 5.18. The van der Waals surface area contributed by atoms with Crippen LogP contribution < -0.4 is 10.5 Å². The third-order valence-electron chi connectivity index (χ3n) is 6.19. The number of piperidine rings is 1. The minimum atomic E-state index is -0.0728. The average Bonchev–Trinajstić information content (AvgIpc) is 3.33. The summed E-state index contributed by atoms with van der Waals surface area (Å²) in [4.78, 5) is 22.7. The molecule has 0 aliphatic carbocycles. The Bertz CT molecular complexity index is 1450. The number of hydrogen-bond donors (Lipinski definition) is 1. The average molecular weight is 479 g/mol. The third-order valence-corrected chi connectivity index (χ3v) is 6.19. The third kappa shape index (κ3) is 4.77. The van der Waals surface area contributed by atoms with Gasteiger partial charge in [0.1, 0.15) is 30.2 Å². The second-order valence-corrected chi connectivity index (χ2v) is 8.52. The standard InChI is InChI=1S/C28H26N6O2/c1-2-24(35)33-16-6-9-22(18-33)34-28-25(27(29)30-19-31-28)26(32-34)21-14-12-20(13-15-21)8-7-17-36-23-10-4-3-5-11-23/h2-5,10-15,19,22H,1,6,9,16-18H2,(H2,29,30,31). The second kappa shape index (κ2) is 10.3. The van der Waals surface area contributed by atoms with Gasteiger partial charge in [-0.1, -0.05) is 48.8 Å². The number of fused-ring (bicyclic) bond motifs is 1. The van der Waals surface area contributed by atoms with Gasteiger partial charge in [-0.3, -0.25) is 4.79 Å². The first kappa shape index (κ1) is 23.1. The van der Waals surface area contributed by atoms with Crippen LogP contribution in [0, 0.1) is 11.8 Å². The van der Waals surface area contributed by atoms with E-state index in [4.69, 9.17) is 15.6 Å². The van der Waals surface area contributed by atoms with Gasteiger partial charge in [0.05, 0.1) is 11.4 Å². The molecule has 1 fully saturated rings. The van der Waals surface area contributed by atoms with Crippen LogP contribution in [0.25, 0.3) is 22.3 Å². The van der Waals surface area contributed by atoms with E-state index in [0.29, 0.717) is 42.2 Å². The Morgan fingerprint density at radius 3 is 2.75 bits per heavy atom. The fourth-order valence-corrected chi connectivity index (χ4v) is 4.42. The van der Waals surface area contributed by atoms with Crippen LogP contribution in [-0.2, 0) is 4.79 Å². The molecule has 1 aliphatic rings. The van der Waals surface area contributed by atoms with E-state index in [2.05, 4.69) is 28.4 Å². The van der Waals surface area contributed by atoms with Crippen molar-refractivity contribution in [3.8, 4) is 28.8 Å². The van der Waals surface area contributed by atoms with Crippen molar-refractivity contribution in [1.82, 2.24) is 24.6 Å². The summed E-state index contributed by atoms with van der Waals surface area (Å²) in [7, 11) is 0. The molecule has 8 heteroatoms. The maximum Gasteiger partial charge on any atom is 0.246 e. The summed E-state index contributed by atoms with van der Waals surface area (Å²) >= 11 is 0. The van der Waals surface area contributed by atoms with Crippen molar-refractivity contribution in [3.05, 3.63) is 79.1 Å². The van der Waals surface area contributed by atoms with Crippen LogP contribution in [0.2, 0.25) is 0 Å². The summed E-state index contributed by atoms with van der Waals surface area (Å²) in [5.74, 6) is 7.26. The molecule has 5 rings (SSSR count). The number of amides is 1. The molecule has 1 atom stereocenters. The zero-order valence-corrected chi connectivity index (χ0v) is 19.8. The fraction of sp³-hybridized carbons (Fsp3) is 0.214. The number of anilines is 1. The summed E-state index contributed by atoms with van der Waals surface area (Å²) in [5.41, 5.74) is 9.41. The van der Waals surface area contributed by atoms with Gasteiger partial charge in [-0.05, 0) is 43.2 Å². The first-order valence-corrected chi connectivity index (χ1v) is 11.8. The predicted octanol–water partition coefficient (Wildman–Crippen LogP) is 3.86. The molecule has 2 aromatic carbocycles. The van der Waals surface area contributed by atoms with Crippen molar-refractivity contribution in [1.29, 1.82) is 0 Å². The van der Waals surface area contributed by atoms with Crippen molar-refractivity contribution in [2.24, 2.45) is 0 Å². The van der Waals surface area contributed by atoms with E-state index in [-0.39, 0.29) is 11.9 Å². The first-order chi connectivity index (χ1) is 17.6. The van der Waals surface area contributed by atoms with E-state index in [0.717, 1.165) is 29.7 Å². The highest BCUT2D eigenvalue weighted by Gasteiger charge is 2.27. The molecule has 4 aromatic rings. The van der Waals surface area contributed by atoms with Crippen molar-refractivity contribution in [2.45, 2.75) is 18.9 Å². The molecule has 0 radical (unpaired) electrons. The topological polar surface area (TPSA) is 99.2 Å². The SMILES string of the molecule is C=CC(=O)N1CCCC(n2nc(-c3ccc(C#CCOc4ccccc4)cc3)c3c(N)ncnc32)C1. The molecule has 3 heterocycles. The van der Waals surface area contributed by atoms with E-state index in [1.807, 2.05) is 59.3 Å². The van der Waals surface area contributed by atoms with Crippen LogP contribution in [0.5, 0.6) is 5.75 Å². The highest BCUT2D eigenvalue weighted by molar-refractivity contribution is 5.98. The lowest BCUT2D eigenvalue weighted by atomic mass is 10.1. The largest absolute Gasteiger partial charge is 0.481 e. The lowest BCUT2D eigenvalue weighted by Crippen LogP contribution is -2.40. The maximum absolute atomic E-state index is 12.2. The number of carbonyl (C=O) groups excluding carboxylic acids is 1. The predicted molar refractivity (Wildman–Crippen MR) is 139 cm³/mol. The Hall–Kier alpha value is -4.64. The lowest BCUT2D eigenvalue weighted by molar-refractivity contribution is -0.127. The first-order valence-electron chi connectivity index (χ1n) is 11.8. The van der Waals surface area contributed by atoms with Gasteiger partial charge in [-0.25, -0.2) is 14.6 Å². The van der Waals surface area contributed by atoms with Gasteiger partial charge in [0.25, 0.3) is 0 Å². The van der Waals surface area contributed by atoms with Gasteiger partial charge in [0.2, 0.25) is 5.91 Å². The molecule has 1 saturated heterocycles. The summed E-state index contributed by atoms with van der Waals surface area (Å²) in [6, 6.07) is 17.4. The molecule has 1 aliphatic heterocycles. The zero-order valence-electron chi connectivity index (χ0n) is 19.8. The molecule has 0 bridgehead atoms. The van der Waals surface area contributed by atoms with Crippen LogP contribution in [0.4, 0.5) is 5.82 Å². The number of carbonyl (C=O) groups is 1. The molecule has 2 aromatic heterocycles. The minimum Gasteiger partial charge on any atom is -0.481 e. The number of nitrogens with zero attached hydrogens (tertiary/aromatic N) is 5. The molecular formula is C28H26N6O2. The Kier molecular flexibility index (Phi) is 6.63. The Labute approximate surface area is 209 Å². The molecule has 8 nitrogen and oxygen atoms in total. The van der Waals surface area contributed by atoms with Crippen LogP contribution in [0.1, 0.15) is 24.4 Å². The van der Waals surface area contributed by atoms with E-state index in [1.165, 1.54) is 12.4 Å². The van der Waals surface area contributed by atoms with Crippen molar-refractivity contribution in [3.63, 3.8) is 0 Å². The van der Waals surface area contributed by atoms with Gasteiger partial charge in [-0.15, -0.1) is 0 Å².